The number of para-hydroxylation sites is 1. The first-order valence-corrected chi connectivity index (χ1v) is 10.3. The smallest absolute Gasteiger partial charge is 0.264 e. The topological polar surface area (TPSA) is 38.1 Å². The molecule has 0 saturated carbocycles. The van der Waals surface area contributed by atoms with E-state index < -0.39 is 0 Å². The molecule has 136 valence electrons. The molecular formula is C21H25N3OS. The van der Waals surface area contributed by atoms with Gasteiger partial charge in [-0.15, -0.1) is 11.3 Å². The Morgan fingerprint density at radius 2 is 2.08 bits per heavy atom. The Hall–Kier alpha value is -2.14. The minimum atomic E-state index is 0.188. The third-order valence-corrected chi connectivity index (χ3v) is 6.56. The highest BCUT2D eigenvalue weighted by Gasteiger charge is 2.28. The molecule has 1 saturated heterocycles. The van der Waals surface area contributed by atoms with Crippen molar-refractivity contribution in [2.45, 2.75) is 52.5 Å². The number of amides is 1. The normalized spacial score (nSPS) is 17.8. The highest BCUT2D eigenvalue weighted by atomic mass is 32.1. The first-order chi connectivity index (χ1) is 12.6. The van der Waals surface area contributed by atoms with Crippen LogP contribution >= 0.6 is 11.3 Å². The van der Waals surface area contributed by atoms with Gasteiger partial charge in [0, 0.05) is 18.0 Å². The summed E-state index contributed by atoms with van der Waals surface area (Å²) in [6.45, 7) is 7.18. The van der Waals surface area contributed by atoms with Gasteiger partial charge in [0.2, 0.25) is 0 Å². The molecule has 3 heterocycles. The molecule has 26 heavy (non-hydrogen) atoms. The number of hydrogen-bond donors (Lipinski definition) is 0. The number of likely N-dealkylation sites (tertiary alicyclic amines) is 1. The lowest BCUT2D eigenvalue weighted by Crippen LogP contribution is -2.43. The van der Waals surface area contributed by atoms with E-state index in [2.05, 4.69) is 30.9 Å². The van der Waals surface area contributed by atoms with Gasteiger partial charge in [-0.3, -0.25) is 4.79 Å². The molecular weight excluding hydrogens is 342 g/mol. The summed E-state index contributed by atoms with van der Waals surface area (Å²) in [5.41, 5.74) is 3.24. The van der Waals surface area contributed by atoms with Crippen molar-refractivity contribution in [1.82, 2.24) is 14.7 Å². The molecule has 0 aliphatic carbocycles. The number of aryl methyl sites for hydroxylation is 2. The van der Waals surface area contributed by atoms with E-state index in [9.17, 15) is 4.79 Å². The fourth-order valence-corrected chi connectivity index (χ4v) is 5.08. The third kappa shape index (κ3) is 2.84. The minimum Gasteiger partial charge on any atom is -0.335 e. The number of rotatable bonds is 3. The molecule has 4 nitrogen and oxygen atoms in total. The Labute approximate surface area is 158 Å². The zero-order chi connectivity index (χ0) is 18.3. The Bertz CT molecular complexity index is 955. The van der Waals surface area contributed by atoms with Crippen molar-refractivity contribution < 1.29 is 4.79 Å². The van der Waals surface area contributed by atoms with Gasteiger partial charge in [0.1, 0.15) is 4.83 Å². The van der Waals surface area contributed by atoms with Crippen LogP contribution in [0.4, 0.5) is 0 Å². The van der Waals surface area contributed by atoms with E-state index in [0.29, 0.717) is 6.04 Å². The number of aromatic nitrogens is 2. The maximum atomic E-state index is 13.2. The predicted molar refractivity (Wildman–Crippen MR) is 107 cm³/mol. The number of fused-ring (bicyclic) bond motifs is 1. The molecule has 0 bridgehead atoms. The van der Waals surface area contributed by atoms with E-state index in [1.807, 2.05) is 29.8 Å². The van der Waals surface area contributed by atoms with Crippen LogP contribution in [0, 0.1) is 13.8 Å². The lowest BCUT2D eigenvalue weighted by Gasteiger charge is -2.35. The molecule has 0 unspecified atom stereocenters. The van der Waals surface area contributed by atoms with Crippen molar-refractivity contribution in [1.29, 1.82) is 0 Å². The van der Waals surface area contributed by atoms with Gasteiger partial charge in [-0.25, -0.2) is 4.68 Å². The largest absolute Gasteiger partial charge is 0.335 e. The fraction of sp³-hybridized carbons (Fsp3) is 0.429. The van der Waals surface area contributed by atoms with Crippen molar-refractivity contribution in [3.8, 4) is 5.69 Å². The summed E-state index contributed by atoms with van der Waals surface area (Å²) in [7, 11) is 0. The molecule has 5 heteroatoms. The molecule has 0 spiro atoms. The monoisotopic (exact) mass is 367 g/mol. The number of carbonyl (C=O) groups excluding carboxylic acids is 1. The maximum absolute atomic E-state index is 13.2. The van der Waals surface area contributed by atoms with Crippen LogP contribution in [0.1, 0.15) is 53.5 Å². The SMILES string of the molecule is CC[C@H]1CCCCN1C(=O)c1cc2c(C)nn(-c3ccccc3C)c2s1. The summed E-state index contributed by atoms with van der Waals surface area (Å²) in [5, 5.41) is 5.82. The van der Waals surface area contributed by atoms with Crippen LogP contribution in [-0.2, 0) is 0 Å². The summed E-state index contributed by atoms with van der Waals surface area (Å²) >= 11 is 1.57. The van der Waals surface area contributed by atoms with Crippen LogP contribution in [0.3, 0.4) is 0 Å². The van der Waals surface area contributed by atoms with Gasteiger partial charge < -0.3 is 4.90 Å². The lowest BCUT2D eigenvalue weighted by atomic mass is 10.00. The van der Waals surface area contributed by atoms with Crippen molar-refractivity contribution in [2.24, 2.45) is 0 Å². The Kier molecular flexibility index (Phi) is 4.57. The molecule has 1 aliphatic heterocycles. The van der Waals surface area contributed by atoms with Crippen molar-refractivity contribution >= 4 is 27.5 Å². The molecule has 0 N–H and O–H groups in total. The maximum Gasteiger partial charge on any atom is 0.264 e. The third-order valence-electron chi connectivity index (χ3n) is 5.46. The van der Waals surface area contributed by atoms with Crippen LogP contribution in [-0.4, -0.2) is 33.2 Å². The molecule has 1 aromatic carbocycles. The van der Waals surface area contributed by atoms with Crippen LogP contribution < -0.4 is 0 Å². The molecule has 4 rings (SSSR count). The predicted octanol–water partition coefficient (Wildman–Crippen LogP) is 5.11. The zero-order valence-corrected chi connectivity index (χ0v) is 16.5. The van der Waals surface area contributed by atoms with Crippen molar-refractivity contribution in [3.05, 3.63) is 46.5 Å². The quantitative estimate of drug-likeness (QED) is 0.645. The second-order valence-corrected chi connectivity index (χ2v) is 8.20. The molecule has 2 aromatic heterocycles. The Balaban J connectivity index is 1.75. The summed E-state index contributed by atoms with van der Waals surface area (Å²) < 4.78 is 1.99. The fourth-order valence-electron chi connectivity index (χ4n) is 3.95. The highest BCUT2D eigenvalue weighted by Crippen LogP contribution is 2.33. The van der Waals surface area contributed by atoms with Gasteiger partial charge in [0.25, 0.3) is 5.91 Å². The van der Waals surface area contributed by atoms with Gasteiger partial charge >= 0.3 is 0 Å². The molecule has 1 amide bonds. The van der Waals surface area contributed by atoms with E-state index >= 15 is 0 Å². The van der Waals surface area contributed by atoms with E-state index in [1.165, 1.54) is 12.0 Å². The Morgan fingerprint density at radius 3 is 2.85 bits per heavy atom. The van der Waals surface area contributed by atoms with Crippen LogP contribution in [0.15, 0.2) is 30.3 Å². The second kappa shape index (κ2) is 6.88. The van der Waals surface area contributed by atoms with Gasteiger partial charge in [0.15, 0.2) is 0 Å². The molecule has 1 fully saturated rings. The van der Waals surface area contributed by atoms with Crippen LogP contribution in [0.5, 0.6) is 0 Å². The summed E-state index contributed by atoms with van der Waals surface area (Å²) in [6.07, 6.45) is 4.51. The molecule has 0 radical (unpaired) electrons. The van der Waals surface area contributed by atoms with E-state index in [0.717, 1.165) is 52.3 Å². The highest BCUT2D eigenvalue weighted by molar-refractivity contribution is 7.20. The number of thiophene rings is 1. The van der Waals surface area contributed by atoms with Gasteiger partial charge in [-0.2, -0.15) is 5.10 Å². The molecule has 1 aliphatic rings. The average molecular weight is 368 g/mol. The molecule has 3 aromatic rings. The van der Waals surface area contributed by atoms with Gasteiger partial charge in [-0.1, -0.05) is 25.1 Å². The lowest BCUT2D eigenvalue weighted by molar-refractivity contribution is 0.0613. The van der Waals surface area contributed by atoms with Crippen LogP contribution in [0.25, 0.3) is 15.9 Å². The molecule has 1 atom stereocenters. The van der Waals surface area contributed by atoms with E-state index in [4.69, 9.17) is 5.10 Å². The number of hydrogen-bond acceptors (Lipinski definition) is 3. The number of piperidine rings is 1. The summed E-state index contributed by atoms with van der Waals surface area (Å²) in [6, 6.07) is 10.7. The second-order valence-electron chi connectivity index (χ2n) is 7.17. The standard InChI is InChI=1S/C21H25N3OS/c1-4-16-10-7-8-12-23(16)20(25)19-13-17-15(3)22-24(21(17)26-19)18-11-6-5-9-14(18)2/h5-6,9,11,13,16H,4,7-8,10,12H2,1-3H3/t16-/m0/s1. The minimum absolute atomic E-state index is 0.188. The van der Waals surface area contributed by atoms with E-state index in [-0.39, 0.29) is 5.91 Å². The first-order valence-electron chi connectivity index (χ1n) is 9.46. The number of benzene rings is 1. The number of nitrogens with zero attached hydrogens (tertiary/aromatic N) is 3. The number of carbonyl (C=O) groups is 1. The van der Waals surface area contributed by atoms with Crippen LogP contribution in [0.2, 0.25) is 0 Å². The van der Waals surface area contributed by atoms with Gasteiger partial charge in [0.05, 0.1) is 16.3 Å². The summed E-state index contributed by atoms with van der Waals surface area (Å²) in [4.78, 5) is 17.2. The van der Waals surface area contributed by atoms with E-state index in [1.54, 1.807) is 11.3 Å². The van der Waals surface area contributed by atoms with Crippen molar-refractivity contribution in [2.75, 3.05) is 6.54 Å². The first kappa shape index (κ1) is 17.3. The van der Waals surface area contributed by atoms with Crippen molar-refractivity contribution in [3.63, 3.8) is 0 Å². The van der Waals surface area contributed by atoms with Gasteiger partial charge in [-0.05, 0) is 57.2 Å². The summed E-state index contributed by atoms with van der Waals surface area (Å²) in [5.74, 6) is 0.188. The zero-order valence-electron chi connectivity index (χ0n) is 15.7. The average Bonchev–Trinajstić information content (AvgIpc) is 3.22. The Morgan fingerprint density at radius 1 is 1.27 bits per heavy atom.